The van der Waals surface area contributed by atoms with Gasteiger partial charge in [-0.1, -0.05) is 6.07 Å². The van der Waals surface area contributed by atoms with Crippen LogP contribution in [0.4, 0.5) is 11.8 Å². The first-order valence-corrected chi connectivity index (χ1v) is 10.4. The van der Waals surface area contributed by atoms with Gasteiger partial charge in [-0.05, 0) is 30.0 Å². The first kappa shape index (κ1) is 17.4. The van der Waals surface area contributed by atoms with Gasteiger partial charge in [0.25, 0.3) is 5.56 Å². The molecule has 5 rings (SSSR count). The van der Waals surface area contributed by atoms with E-state index in [9.17, 15) is 4.79 Å². The van der Waals surface area contributed by atoms with Gasteiger partial charge >= 0.3 is 0 Å². The molecule has 0 radical (unpaired) electrons. The number of fused-ring (bicyclic) bond motifs is 2. The molecule has 0 saturated carbocycles. The van der Waals surface area contributed by atoms with Crippen LogP contribution in [0, 0.1) is 0 Å². The Labute approximate surface area is 167 Å². The summed E-state index contributed by atoms with van der Waals surface area (Å²) in [7, 11) is 1.80. The minimum absolute atomic E-state index is 0.0411. The smallest absolute Gasteiger partial charge is 0.255 e. The Hall–Kier alpha value is -2.71. The third-order valence-corrected chi connectivity index (χ3v) is 6.38. The molecule has 2 fully saturated rings. The molecule has 2 aliphatic rings. The van der Waals surface area contributed by atoms with Crippen LogP contribution in [0.1, 0.15) is 11.3 Å². The van der Waals surface area contributed by atoms with Gasteiger partial charge in [-0.2, -0.15) is 0 Å². The lowest BCUT2D eigenvalue weighted by atomic mass is 10.2. The number of rotatable bonds is 5. The molecule has 28 heavy (non-hydrogen) atoms. The molecule has 0 aromatic carbocycles. The molecule has 5 heterocycles. The monoisotopic (exact) mass is 394 g/mol. The molecule has 3 aromatic heterocycles. The molecule has 2 atom stereocenters. The van der Waals surface area contributed by atoms with Crippen molar-refractivity contribution < 1.29 is 0 Å². The molecular formula is C20H22N6OS. The summed E-state index contributed by atoms with van der Waals surface area (Å²) in [6.45, 7) is 2.59. The number of anilines is 2. The highest BCUT2D eigenvalue weighted by molar-refractivity contribution is 7.09. The van der Waals surface area contributed by atoms with E-state index in [1.54, 1.807) is 35.2 Å². The van der Waals surface area contributed by atoms with E-state index in [2.05, 4.69) is 32.0 Å². The molecule has 2 saturated heterocycles. The molecule has 2 aliphatic heterocycles. The molecule has 0 amide bonds. The molecule has 144 valence electrons. The van der Waals surface area contributed by atoms with Crippen LogP contribution in [-0.4, -0.2) is 39.7 Å². The largest absolute Gasteiger partial charge is 0.365 e. The van der Waals surface area contributed by atoms with Crippen molar-refractivity contribution in [2.75, 3.05) is 23.3 Å². The zero-order valence-corrected chi connectivity index (χ0v) is 16.4. The maximum Gasteiger partial charge on any atom is 0.255 e. The minimum atomic E-state index is -0.0411. The van der Waals surface area contributed by atoms with Crippen LogP contribution in [0.15, 0.2) is 46.7 Å². The van der Waals surface area contributed by atoms with Gasteiger partial charge in [-0.3, -0.25) is 9.36 Å². The second-order valence-electron chi connectivity index (χ2n) is 7.35. The highest BCUT2D eigenvalue weighted by atomic mass is 32.1. The highest BCUT2D eigenvalue weighted by Crippen LogP contribution is 2.29. The van der Waals surface area contributed by atoms with E-state index in [-0.39, 0.29) is 5.56 Å². The summed E-state index contributed by atoms with van der Waals surface area (Å²) in [5.41, 5.74) is 1.54. The normalized spacial score (nSPS) is 20.7. The van der Waals surface area contributed by atoms with Crippen molar-refractivity contribution in [3.8, 4) is 11.3 Å². The Bertz CT molecular complexity index is 1050. The van der Waals surface area contributed by atoms with Crippen LogP contribution >= 0.6 is 11.3 Å². The Morgan fingerprint density at radius 2 is 2.29 bits per heavy atom. The van der Waals surface area contributed by atoms with Crippen LogP contribution in [-0.2, 0) is 13.6 Å². The summed E-state index contributed by atoms with van der Waals surface area (Å²) >= 11 is 1.71. The minimum Gasteiger partial charge on any atom is -0.365 e. The van der Waals surface area contributed by atoms with Gasteiger partial charge in [-0.25, -0.2) is 9.97 Å². The van der Waals surface area contributed by atoms with E-state index in [0.29, 0.717) is 17.8 Å². The second-order valence-corrected chi connectivity index (χ2v) is 8.38. The van der Waals surface area contributed by atoms with Crippen molar-refractivity contribution >= 4 is 23.1 Å². The lowest BCUT2D eigenvalue weighted by Gasteiger charge is -2.29. The van der Waals surface area contributed by atoms with E-state index in [1.807, 2.05) is 18.2 Å². The lowest BCUT2D eigenvalue weighted by Crippen LogP contribution is -2.46. The second kappa shape index (κ2) is 7.03. The molecule has 2 unspecified atom stereocenters. The SMILES string of the molecule is Cn1c(N2CC3CC2CN3)nc(-c2ccnc(NCc3cccs3)c2)cc1=O. The molecular weight excluding hydrogens is 372 g/mol. The predicted molar refractivity (Wildman–Crippen MR) is 112 cm³/mol. The van der Waals surface area contributed by atoms with Gasteiger partial charge in [0.2, 0.25) is 5.95 Å². The van der Waals surface area contributed by atoms with Crippen LogP contribution in [0.3, 0.4) is 0 Å². The van der Waals surface area contributed by atoms with Crippen LogP contribution in [0.25, 0.3) is 11.3 Å². The number of nitrogens with zero attached hydrogens (tertiary/aromatic N) is 4. The number of piperazine rings is 1. The maximum atomic E-state index is 12.6. The number of thiophene rings is 1. The highest BCUT2D eigenvalue weighted by Gasteiger charge is 2.39. The summed E-state index contributed by atoms with van der Waals surface area (Å²) in [4.78, 5) is 25.4. The summed E-state index contributed by atoms with van der Waals surface area (Å²) < 4.78 is 1.65. The predicted octanol–water partition coefficient (Wildman–Crippen LogP) is 2.07. The van der Waals surface area contributed by atoms with Gasteiger partial charge in [0.05, 0.1) is 12.2 Å². The third-order valence-electron chi connectivity index (χ3n) is 5.50. The fourth-order valence-corrected chi connectivity index (χ4v) is 4.66. The topological polar surface area (TPSA) is 75.1 Å². The average Bonchev–Trinajstić information content (AvgIpc) is 3.47. The summed E-state index contributed by atoms with van der Waals surface area (Å²) in [5.74, 6) is 1.53. The van der Waals surface area contributed by atoms with E-state index >= 15 is 0 Å². The van der Waals surface area contributed by atoms with E-state index in [4.69, 9.17) is 4.98 Å². The first-order chi connectivity index (χ1) is 13.7. The molecule has 3 aromatic rings. The Morgan fingerprint density at radius 3 is 3.04 bits per heavy atom. The van der Waals surface area contributed by atoms with Crippen molar-refractivity contribution in [3.05, 3.63) is 57.1 Å². The van der Waals surface area contributed by atoms with Gasteiger partial charge in [0.15, 0.2) is 0 Å². The Morgan fingerprint density at radius 1 is 1.36 bits per heavy atom. The van der Waals surface area contributed by atoms with Gasteiger partial charge in [0, 0.05) is 54.9 Å². The maximum absolute atomic E-state index is 12.6. The number of hydrogen-bond acceptors (Lipinski definition) is 7. The quantitative estimate of drug-likeness (QED) is 0.690. The summed E-state index contributed by atoms with van der Waals surface area (Å²) in [6.07, 6.45) is 2.87. The third kappa shape index (κ3) is 3.18. The van der Waals surface area contributed by atoms with Crippen molar-refractivity contribution in [1.82, 2.24) is 19.9 Å². The van der Waals surface area contributed by atoms with Crippen molar-refractivity contribution in [1.29, 1.82) is 0 Å². The Balaban J connectivity index is 1.44. The zero-order valence-electron chi connectivity index (χ0n) is 15.6. The van der Waals surface area contributed by atoms with Crippen molar-refractivity contribution in [2.45, 2.75) is 25.0 Å². The van der Waals surface area contributed by atoms with Crippen LogP contribution in [0.5, 0.6) is 0 Å². The fraction of sp³-hybridized carbons (Fsp3) is 0.350. The molecule has 8 heteroatoms. The number of pyridine rings is 1. The van der Waals surface area contributed by atoms with Crippen molar-refractivity contribution in [3.63, 3.8) is 0 Å². The van der Waals surface area contributed by atoms with Crippen molar-refractivity contribution in [2.24, 2.45) is 7.05 Å². The van der Waals surface area contributed by atoms with Gasteiger partial charge in [0.1, 0.15) is 5.82 Å². The van der Waals surface area contributed by atoms with Gasteiger partial charge in [-0.15, -0.1) is 11.3 Å². The fourth-order valence-electron chi connectivity index (χ4n) is 4.02. The van der Waals surface area contributed by atoms with E-state index in [0.717, 1.165) is 43.4 Å². The summed E-state index contributed by atoms with van der Waals surface area (Å²) in [5, 5.41) is 8.90. The van der Waals surface area contributed by atoms with Crippen LogP contribution in [0.2, 0.25) is 0 Å². The zero-order chi connectivity index (χ0) is 19.1. The molecule has 0 aliphatic carbocycles. The lowest BCUT2D eigenvalue weighted by molar-refractivity contribution is 0.562. The van der Waals surface area contributed by atoms with E-state index in [1.165, 1.54) is 4.88 Å². The summed E-state index contributed by atoms with van der Waals surface area (Å²) in [6, 6.07) is 10.5. The van der Waals surface area contributed by atoms with Gasteiger partial charge < -0.3 is 15.5 Å². The number of hydrogen-bond donors (Lipinski definition) is 2. The number of nitrogens with one attached hydrogen (secondary N) is 2. The standard InChI is InChI=1S/C20H22N6OS/c1-25-19(27)9-17(24-20(25)26-12-14-8-15(26)10-22-14)13-4-5-21-18(7-13)23-11-16-3-2-6-28-16/h2-7,9,14-15,22H,8,10-12H2,1H3,(H,21,23). The van der Waals surface area contributed by atoms with E-state index < -0.39 is 0 Å². The first-order valence-electron chi connectivity index (χ1n) is 9.48. The molecule has 2 N–H and O–H groups in total. The van der Waals surface area contributed by atoms with Crippen LogP contribution < -0.4 is 21.1 Å². The molecule has 0 spiro atoms. The molecule has 7 nitrogen and oxygen atoms in total. The number of aromatic nitrogens is 3. The Kier molecular flexibility index (Phi) is 4.37. The average molecular weight is 395 g/mol. The molecule has 2 bridgehead atoms.